The van der Waals surface area contributed by atoms with E-state index in [9.17, 15) is 13.2 Å². The van der Waals surface area contributed by atoms with Crippen molar-refractivity contribution in [1.29, 1.82) is 0 Å². The van der Waals surface area contributed by atoms with Crippen LogP contribution in [0.5, 0.6) is 5.88 Å². The zero-order valence-electron chi connectivity index (χ0n) is 11.0. The van der Waals surface area contributed by atoms with E-state index in [-0.39, 0.29) is 5.88 Å². The van der Waals surface area contributed by atoms with Crippen molar-refractivity contribution in [2.24, 2.45) is 0 Å². The van der Waals surface area contributed by atoms with Crippen LogP contribution in [0, 0.1) is 0 Å². The van der Waals surface area contributed by atoms with Crippen LogP contribution in [0.3, 0.4) is 0 Å². The van der Waals surface area contributed by atoms with Crippen molar-refractivity contribution in [3.05, 3.63) is 18.3 Å². The highest BCUT2D eigenvalue weighted by atomic mass is 19.4. The van der Waals surface area contributed by atoms with Gasteiger partial charge in [0, 0.05) is 18.7 Å². The molecule has 1 fully saturated rings. The van der Waals surface area contributed by atoms with Crippen LogP contribution in [-0.2, 0) is 0 Å². The molecule has 0 saturated carbocycles. The Kier molecular flexibility index (Phi) is 5.05. The van der Waals surface area contributed by atoms with Crippen LogP contribution in [0.4, 0.5) is 18.9 Å². The maximum atomic E-state index is 12.0. The summed E-state index contributed by atoms with van der Waals surface area (Å²) in [6.45, 7) is 0.498. The largest absolute Gasteiger partial charge is 0.468 e. The number of alkyl halides is 3. The Bertz CT molecular complexity index is 402. The number of anilines is 1. The molecule has 1 unspecified atom stereocenters. The minimum absolute atomic E-state index is 0.0244. The van der Waals surface area contributed by atoms with E-state index < -0.39 is 12.8 Å². The van der Waals surface area contributed by atoms with Crippen molar-refractivity contribution in [3.8, 4) is 5.88 Å². The van der Waals surface area contributed by atoms with E-state index >= 15 is 0 Å². The second kappa shape index (κ2) is 6.78. The molecule has 1 aromatic heterocycles. The van der Waals surface area contributed by atoms with Crippen molar-refractivity contribution < 1.29 is 17.9 Å². The van der Waals surface area contributed by atoms with E-state index in [0.29, 0.717) is 6.04 Å². The Hall–Kier alpha value is -1.50. The second-order valence-corrected chi connectivity index (χ2v) is 4.82. The van der Waals surface area contributed by atoms with E-state index in [1.807, 2.05) is 0 Å². The van der Waals surface area contributed by atoms with Gasteiger partial charge < -0.3 is 15.4 Å². The van der Waals surface area contributed by atoms with E-state index in [0.717, 1.165) is 25.2 Å². The van der Waals surface area contributed by atoms with Crippen LogP contribution in [0.1, 0.15) is 19.3 Å². The van der Waals surface area contributed by atoms with Gasteiger partial charge in [0.1, 0.15) is 0 Å². The van der Waals surface area contributed by atoms with Crippen molar-refractivity contribution in [3.63, 3.8) is 0 Å². The molecule has 1 aliphatic heterocycles. The summed E-state index contributed by atoms with van der Waals surface area (Å²) < 4.78 is 40.5. The van der Waals surface area contributed by atoms with Gasteiger partial charge in [-0.15, -0.1) is 0 Å². The van der Waals surface area contributed by atoms with Gasteiger partial charge in [-0.1, -0.05) is 6.42 Å². The lowest BCUT2D eigenvalue weighted by Gasteiger charge is -2.24. The molecule has 7 heteroatoms. The Morgan fingerprint density at radius 1 is 1.35 bits per heavy atom. The molecule has 0 bridgehead atoms. The fraction of sp³-hybridized carbons (Fsp3) is 0.615. The monoisotopic (exact) mass is 289 g/mol. The smallest absolute Gasteiger partial charge is 0.422 e. The molecule has 0 aromatic carbocycles. The number of ether oxygens (including phenoxy) is 1. The number of nitrogens with zero attached hydrogens (tertiary/aromatic N) is 1. The quantitative estimate of drug-likeness (QED) is 0.874. The molecular formula is C13H18F3N3O. The van der Waals surface area contributed by atoms with Crippen LogP contribution in [0.15, 0.2) is 18.3 Å². The molecule has 112 valence electrons. The fourth-order valence-electron chi connectivity index (χ4n) is 2.07. The third-order valence-electron chi connectivity index (χ3n) is 3.09. The van der Waals surface area contributed by atoms with Gasteiger partial charge in [0.15, 0.2) is 6.61 Å². The van der Waals surface area contributed by atoms with Crippen LogP contribution in [0.25, 0.3) is 0 Å². The maximum Gasteiger partial charge on any atom is 0.422 e. The van der Waals surface area contributed by atoms with Gasteiger partial charge >= 0.3 is 6.18 Å². The molecular weight excluding hydrogens is 271 g/mol. The number of hydrogen-bond donors (Lipinski definition) is 2. The third kappa shape index (κ3) is 5.24. The van der Waals surface area contributed by atoms with Gasteiger partial charge in [0.25, 0.3) is 0 Å². The highest BCUT2D eigenvalue weighted by Gasteiger charge is 2.28. The SMILES string of the molecule is FC(F)(F)COc1ccc(NCC2CCCCN2)cn1. The molecule has 1 atom stereocenters. The third-order valence-corrected chi connectivity index (χ3v) is 3.09. The summed E-state index contributed by atoms with van der Waals surface area (Å²) in [6.07, 6.45) is 0.706. The fourth-order valence-corrected chi connectivity index (χ4v) is 2.07. The molecule has 0 radical (unpaired) electrons. The maximum absolute atomic E-state index is 12.0. The first-order valence-corrected chi connectivity index (χ1v) is 6.66. The van der Waals surface area contributed by atoms with Crippen LogP contribution in [-0.4, -0.2) is 36.9 Å². The zero-order valence-corrected chi connectivity index (χ0v) is 11.0. The Labute approximate surface area is 115 Å². The summed E-state index contributed by atoms with van der Waals surface area (Å²) >= 11 is 0. The average Bonchev–Trinajstić information content (AvgIpc) is 2.44. The number of piperidine rings is 1. The number of pyridine rings is 1. The van der Waals surface area contributed by atoms with Crippen LogP contribution < -0.4 is 15.4 Å². The van der Waals surface area contributed by atoms with Crippen molar-refractivity contribution in [2.75, 3.05) is 25.0 Å². The molecule has 2 heterocycles. The van der Waals surface area contributed by atoms with E-state index in [4.69, 9.17) is 0 Å². The first kappa shape index (κ1) is 14.9. The summed E-state index contributed by atoms with van der Waals surface area (Å²) in [4.78, 5) is 3.84. The predicted octanol–water partition coefficient (Wildman–Crippen LogP) is 2.58. The highest BCUT2D eigenvalue weighted by Crippen LogP contribution is 2.18. The topological polar surface area (TPSA) is 46.2 Å². The first-order valence-electron chi connectivity index (χ1n) is 6.66. The summed E-state index contributed by atoms with van der Waals surface area (Å²) in [5.74, 6) is -0.0244. The standard InChI is InChI=1S/C13H18F3N3O/c14-13(15,16)9-20-12-5-4-11(8-19-12)18-7-10-3-1-2-6-17-10/h4-5,8,10,17-18H,1-3,6-7,9H2. The van der Waals surface area contributed by atoms with Gasteiger partial charge in [-0.2, -0.15) is 13.2 Å². The molecule has 4 nitrogen and oxygen atoms in total. The number of hydrogen-bond acceptors (Lipinski definition) is 4. The summed E-state index contributed by atoms with van der Waals surface area (Å²) in [7, 11) is 0. The summed E-state index contributed by atoms with van der Waals surface area (Å²) in [5, 5.41) is 6.62. The van der Waals surface area contributed by atoms with Gasteiger partial charge in [0.05, 0.1) is 11.9 Å². The Morgan fingerprint density at radius 3 is 2.80 bits per heavy atom. The first-order chi connectivity index (χ1) is 9.53. The Morgan fingerprint density at radius 2 is 2.20 bits per heavy atom. The van der Waals surface area contributed by atoms with E-state index in [1.165, 1.54) is 25.1 Å². The molecule has 1 saturated heterocycles. The lowest BCUT2D eigenvalue weighted by Crippen LogP contribution is -2.39. The number of rotatable bonds is 5. The minimum atomic E-state index is -4.34. The van der Waals surface area contributed by atoms with E-state index in [2.05, 4.69) is 20.4 Å². The van der Waals surface area contributed by atoms with Crippen molar-refractivity contribution >= 4 is 5.69 Å². The molecule has 0 amide bonds. The molecule has 20 heavy (non-hydrogen) atoms. The van der Waals surface area contributed by atoms with Gasteiger partial charge in [0.2, 0.25) is 5.88 Å². The zero-order chi connectivity index (χ0) is 14.4. The molecule has 0 aliphatic carbocycles. The second-order valence-electron chi connectivity index (χ2n) is 4.82. The molecule has 2 N–H and O–H groups in total. The average molecular weight is 289 g/mol. The lowest BCUT2D eigenvalue weighted by molar-refractivity contribution is -0.154. The summed E-state index contributed by atoms with van der Waals surface area (Å²) in [6, 6.07) is 3.54. The van der Waals surface area contributed by atoms with Gasteiger partial charge in [-0.25, -0.2) is 4.98 Å². The lowest BCUT2D eigenvalue weighted by atomic mass is 10.1. The molecule has 0 spiro atoms. The van der Waals surface area contributed by atoms with Crippen molar-refractivity contribution in [1.82, 2.24) is 10.3 Å². The normalized spacial score (nSPS) is 19.6. The summed E-state index contributed by atoms with van der Waals surface area (Å²) in [5.41, 5.74) is 0.775. The number of halogens is 3. The van der Waals surface area contributed by atoms with Gasteiger partial charge in [-0.3, -0.25) is 0 Å². The van der Waals surface area contributed by atoms with Crippen LogP contribution >= 0.6 is 0 Å². The van der Waals surface area contributed by atoms with Gasteiger partial charge in [-0.05, 0) is 25.5 Å². The molecule has 1 aliphatic rings. The highest BCUT2D eigenvalue weighted by molar-refractivity contribution is 5.42. The minimum Gasteiger partial charge on any atom is -0.468 e. The van der Waals surface area contributed by atoms with E-state index in [1.54, 1.807) is 6.07 Å². The van der Waals surface area contributed by atoms with Crippen molar-refractivity contribution in [2.45, 2.75) is 31.5 Å². The Balaban J connectivity index is 1.76. The molecule has 2 rings (SSSR count). The number of nitrogens with one attached hydrogen (secondary N) is 2. The molecule has 1 aromatic rings. The van der Waals surface area contributed by atoms with Crippen LogP contribution in [0.2, 0.25) is 0 Å². The predicted molar refractivity (Wildman–Crippen MR) is 69.9 cm³/mol. The number of aromatic nitrogens is 1.